The molecule has 0 unspecified atom stereocenters. The SMILES string of the molecule is COC(=O)[C@@H]1CCCN1C(=O)[C@H](C)NC(=O)OCC1c2ccccc2-c2ccccc21. The number of esters is 1. The monoisotopic (exact) mass is 422 g/mol. The number of hydrogen-bond donors (Lipinski definition) is 1. The van der Waals surface area contributed by atoms with Gasteiger partial charge in [0.1, 0.15) is 18.7 Å². The molecule has 7 nitrogen and oxygen atoms in total. The van der Waals surface area contributed by atoms with E-state index in [0.29, 0.717) is 13.0 Å². The summed E-state index contributed by atoms with van der Waals surface area (Å²) in [6.45, 7) is 2.24. The number of carbonyl (C=O) groups is 3. The first-order valence-corrected chi connectivity index (χ1v) is 10.5. The van der Waals surface area contributed by atoms with E-state index in [-0.39, 0.29) is 18.4 Å². The Balaban J connectivity index is 1.37. The number of amides is 2. The number of fused-ring (bicyclic) bond motifs is 3. The number of benzene rings is 2. The number of alkyl carbamates (subject to hydrolysis) is 1. The third-order valence-corrected chi connectivity index (χ3v) is 6.06. The Kier molecular flexibility index (Phi) is 5.93. The molecule has 1 N–H and O–H groups in total. The van der Waals surface area contributed by atoms with Crippen molar-refractivity contribution in [3.8, 4) is 11.1 Å². The zero-order chi connectivity index (χ0) is 22.0. The van der Waals surface area contributed by atoms with Crippen LogP contribution in [0.15, 0.2) is 48.5 Å². The number of ether oxygens (including phenoxy) is 2. The van der Waals surface area contributed by atoms with E-state index in [1.165, 1.54) is 12.0 Å². The van der Waals surface area contributed by atoms with E-state index in [1.54, 1.807) is 6.92 Å². The summed E-state index contributed by atoms with van der Waals surface area (Å²) < 4.78 is 10.3. The highest BCUT2D eigenvalue weighted by Gasteiger charge is 2.37. The molecule has 0 spiro atoms. The second-order valence-electron chi connectivity index (χ2n) is 7.90. The van der Waals surface area contributed by atoms with Gasteiger partial charge in [0, 0.05) is 12.5 Å². The topological polar surface area (TPSA) is 84.9 Å². The Bertz CT molecular complexity index is 959. The summed E-state index contributed by atoms with van der Waals surface area (Å²) >= 11 is 0. The molecular formula is C24H26N2O5. The normalized spacial score (nSPS) is 18.1. The molecule has 2 amide bonds. The van der Waals surface area contributed by atoms with Gasteiger partial charge in [-0.15, -0.1) is 0 Å². The molecule has 1 saturated heterocycles. The van der Waals surface area contributed by atoms with E-state index in [9.17, 15) is 14.4 Å². The third kappa shape index (κ3) is 4.00. The summed E-state index contributed by atoms with van der Waals surface area (Å²) in [4.78, 5) is 38.5. The molecule has 0 bridgehead atoms. The van der Waals surface area contributed by atoms with Gasteiger partial charge in [-0.3, -0.25) is 4.79 Å². The van der Waals surface area contributed by atoms with Crippen LogP contribution in [0, 0.1) is 0 Å². The largest absolute Gasteiger partial charge is 0.467 e. The minimum atomic E-state index is -0.805. The molecule has 7 heteroatoms. The molecule has 2 aliphatic rings. The van der Waals surface area contributed by atoms with Gasteiger partial charge in [0.05, 0.1) is 7.11 Å². The van der Waals surface area contributed by atoms with E-state index in [2.05, 4.69) is 17.4 Å². The second-order valence-corrected chi connectivity index (χ2v) is 7.90. The standard InChI is InChI=1S/C24H26N2O5/c1-15(22(27)26-13-7-12-21(26)23(28)30-2)25-24(29)31-14-20-18-10-5-3-8-16(18)17-9-4-6-11-19(17)20/h3-6,8-11,15,20-21H,7,12-14H2,1-2H3,(H,25,29)/t15-,21-/m0/s1. The van der Waals surface area contributed by atoms with Crippen LogP contribution >= 0.6 is 0 Å². The van der Waals surface area contributed by atoms with Crippen LogP contribution in [0.2, 0.25) is 0 Å². The second kappa shape index (κ2) is 8.79. The molecular weight excluding hydrogens is 396 g/mol. The molecule has 0 saturated carbocycles. The summed E-state index contributed by atoms with van der Waals surface area (Å²) in [7, 11) is 1.31. The zero-order valence-corrected chi connectivity index (χ0v) is 17.7. The smallest absolute Gasteiger partial charge is 0.407 e. The lowest BCUT2D eigenvalue weighted by molar-refractivity contribution is -0.151. The van der Waals surface area contributed by atoms with E-state index < -0.39 is 24.1 Å². The van der Waals surface area contributed by atoms with Crippen molar-refractivity contribution in [1.29, 1.82) is 0 Å². The fourth-order valence-corrected chi connectivity index (χ4v) is 4.54. The highest BCUT2D eigenvalue weighted by atomic mass is 16.5. The molecule has 1 aliphatic heterocycles. The molecule has 162 valence electrons. The fourth-order valence-electron chi connectivity index (χ4n) is 4.54. The molecule has 0 radical (unpaired) electrons. The minimum absolute atomic E-state index is 0.0496. The summed E-state index contributed by atoms with van der Waals surface area (Å²) in [5, 5.41) is 2.60. The van der Waals surface area contributed by atoms with Crippen LogP contribution in [0.25, 0.3) is 11.1 Å². The molecule has 0 aromatic heterocycles. The van der Waals surface area contributed by atoms with Crippen molar-refractivity contribution in [1.82, 2.24) is 10.2 Å². The van der Waals surface area contributed by atoms with Crippen molar-refractivity contribution in [3.63, 3.8) is 0 Å². The van der Waals surface area contributed by atoms with Crippen molar-refractivity contribution >= 4 is 18.0 Å². The van der Waals surface area contributed by atoms with Gasteiger partial charge in [-0.2, -0.15) is 0 Å². The highest BCUT2D eigenvalue weighted by Crippen LogP contribution is 2.44. The van der Waals surface area contributed by atoms with E-state index >= 15 is 0 Å². The van der Waals surface area contributed by atoms with Gasteiger partial charge < -0.3 is 19.7 Å². The zero-order valence-electron chi connectivity index (χ0n) is 17.7. The van der Waals surface area contributed by atoms with Crippen LogP contribution in [-0.4, -0.2) is 55.2 Å². The van der Waals surface area contributed by atoms with E-state index in [4.69, 9.17) is 9.47 Å². The van der Waals surface area contributed by atoms with Gasteiger partial charge in [0.15, 0.2) is 0 Å². The molecule has 1 heterocycles. The molecule has 1 fully saturated rings. The van der Waals surface area contributed by atoms with Crippen LogP contribution in [0.1, 0.15) is 36.8 Å². The predicted molar refractivity (Wildman–Crippen MR) is 114 cm³/mol. The number of hydrogen-bond acceptors (Lipinski definition) is 5. The van der Waals surface area contributed by atoms with Gasteiger partial charge in [0.2, 0.25) is 5.91 Å². The van der Waals surface area contributed by atoms with Crippen LogP contribution in [0.4, 0.5) is 4.79 Å². The Morgan fingerprint density at radius 2 is 1.68 bits per heavy atom. The average molecular weight is 422 g/mol. The van der Waals surface area contributed by atoms with Gasteiger partial charge in [0.25, 0.3) is 0 Å². The molecule has 4 rings (SSSR count). The van der Waals surface area contributed by atoms with Crippen molar-refractivity contribution in [3.05, 3.63) is 59.7 Å². The number of nitrogens with zero attached hydrogens (tertiary/aromatic N) is 1. The average Bonchev–Trinajstić information content (AvgIpc) is 3.40. The van der Waals surface area contributed by atoms with Crippen molar-refractivity contribution in [2.24, 2.45) is 0 Å². The van der Waals surface area contributed by atoms with Gasteiger partial charge in [-0.05, 0) is 42.0 Å². The first-order valence-electron chi connectivity index (χ1n) is 10.5. The van der Waals surface area contributed by atoms with Crippen molar-refractivity contribution in [2.75, 3.05) is 20.3 Å². The maximum atomic E-state index is 12.7. The van der Waals surface area contributed by atoms with Crippen LogP contribution in [-0.2, 0) is 19.1 Å². The van der Waals surface area contributed by atoms with Gasteiger partial charge in [-0.1, -0.05) is 48.5 Å². The Labute approximate surface area is 181 Å². The molecule has 1 aliphatic carbocycles. The lowest BCUT2D eigenvalue weighted by atomic mass is 9.98. The lowest BCUT2D eigenvalue weighted by Gasteiger charge is -2.26. The Morgan fingerprint density at radius 3 is 2.29 bits per heavy atom. The van der Waals surface area contributed by atoms with Crippen molar-refractivity contribution in [2.45, 2.75) is 37.8 Å². The number of methoxy groups -OCH3 is 1. The summed E-state index contributed by atoms with van der Waals surface area (Å²) in [5.41, 5.74) is 4.55. The van der Waals surface area contributed by atoms with Crippen LogP contribution in [0.5, 0.6) is 0 Å². The van der Waals surface area contributed by atoms with Gasteiger partial charge >= 0.3 is 12.1 Å². The number of rotatable bonds is 5. The summed E-state index contributed by atoms with van der Waals surface area (Å²) in [6.07, 6.45) is 0.635. The van der Waals surface area contributed by atoms with E-state index in [0.717, 1.165) is 28.7 Å². The minimum Gasteiger partial charge on any atom is -0.467 e. The third-order valence-electron chi connectivity index (χ3n) is 6.06. The number of nitrogens with one attached hydrogen (secondary N) is 1. The number of carbonyl (C=O) groups excluding carboxylic acids is 3. The van der Waals surface area contributed by atoms with Crippen molar-refractivity contribution < 1.29 is 23.9 Å². The maximum Gasteiger partial charge on any atom is 0.407 e. The molecule has 2 aromatic carbocycles. The maximum absolute atomic E-state index is 12.7. The Hall–Kier alpha value is -3.35. The Morgan fingerprint density at radius 1 is 1.06 bits per heavy atom. The molecule has 31 heavy (non-hydrogen) atoms. The molecule has 2 atom stereocenters. The predicted octanol–water partition coefficient (Wildman–Crippen LogP) is 3.08. The quantitative estimate of drug-likeness (QED) is 0.749. The first-order chi connectivity index (χ1) is 15.0. The highest BCUT2D eigenvalue weighted by molar-refractivity contribution is 5.90. The lowest BCUT2D eigenvalue weighted by Crippen LogP contribution is -2.50. The number of likely N-dealkylation sites (tertiary alicyclic amines) is 1. The first kappa shape index (κ1) is 20.9. The fraction of sp³-hybridized carbons (Fsp3) is 0.375. The van der Waals surface area contributed by atoms with Crippen LogP contribution < -0.4 is 5.32 Å². The summed E-state index contributed by atoms with van der Waals surface area (Å²) in [5.74, 6) is -0.799. The molecule has 2 aromatic rings. The van der Waals surface area contributed by atoms with E-state index in [1.807, 2.05) is 36.4 Å². The van der Waals surface area contributed by atoms with Crippen LogP contribution in [0.3, 0.4) is 0 Å². The van der Waals surface area contributed by atoms with Gasteiger partial charge in [-0.25, -0.2) is 9.59 Å². The summed E-state index contributed by atoms with van der Waals surface area (Å²) in [6, 6.07) is 14.8.